The maximum atomic E-state index is 11.6. The molecule has 0 fully saturated rings. The van der Waals surface area contributed by atoms with E-state index < -0.39 is 5.60 Å². The van der Waals surface area contributed by atoms with E-state index >= 15 is 0 Å². The van der Waals surface area contributed by atoms with Crippen LogP contribution < -0.4 is 0 Å². The van der Waals surface area contributed by atoms with Gasteiger partial charge in [0.05, 0.1) is 18.9 Å². The average molecular weight is 287 g/mol. The van der Waals surface area contributed by atoms with Crippen molar-refractivity contribution in [1.82, 2.24) is 4.98 Å². The van der Waals surface area contributed by atoms with Gasteiger partial charge in [-0.25, -0.2) is 0 Å². The Morgan fingerprint density at radius 3 is 3.05 bits per heavy atom. The van der Waals surface area contributed by atoms with Gasteiger partial charge in [-0.15, -0.1) is 0 Å². The normalized spacial score (nSPS) is 21.2. The minimum absolute atomic E-state index is 0.162. The summed E-state index contributed by atoms with van der Waals surface area (Å²) in [6, 6.07) is 8.31. The Labute approximate surface area is 124 Å². The fourth-order valence-corrected chi connectivity index (χ4v) is 3.13. The molecule has 0 bridgehead atoms. The minimum atomic E-state index is -0.445. The number of aromatic nitrogens is 1. The van der Waals surface area contributed by atoms with Crippen LogP contribution in [0.5, 0.6) is 0 Å². The van der Waals surface area contributed by atoms with Crippen molar-refractivity contribution in [3.8, 4) is 0 Å². The molecule has 2 heterocycles. The van der Waals surface area contributed by atoms with Crippen LogP contribution in [0, 0.1) is 0 Å². The number of rotatable bonds is 4. The smallest absolute Gasteiger partial charge is 0.305 e. The molecule has 1 unspecified atom stereocenters. The molecule has 1 aromatic heterocycles. The highest BCUT2D eigenvalue weighted by atomic mass is 16.5. The zero-order valence-corrected chi connectivity index (χ0v) is 12.6. The quantitative estimate of drug-likeness (QED) is 0.878. The van der Waals surface area contributed by atoms with Crippen LogP contribution in [0.25, 0.3) is 10.9 Å². The monoisotopic (exact) mass is 287 g/mol. The Hall–Kier alpha value is -1.81. The van der Waals surface area contributed by atoms with Crippen LogP contribution >= 0.6 is 0 Å². The second-order valence-corrected chi connectivity index (χ2v) is 5.66. The van der Waals surface area contributed by atoms with E-state index in [0.29, 0.717) is 26.1 Å². The number of nitrogens with one attached hydrogen (secondary N) is 1. The number of ether oxygens (including phenoxy) is 2. The van der Waals surface area contributed by atoms with Gasteiger partial charge in [0.2, 0.25) is 0 Å². The van der Waals surface area contributed by atoms with Crippen molar-refractivity contribution in [2.45, 2.75) is 38.7 Å². The summed E-state index contributed by atoms with van der Waals surface area (Å²) in [7, 11) is 0. The fraction of sp³-hybridized carbons (Fsp3) is 0.471. The summed E-state index contributed by atoms with van der Waals surface area (Å²) in [5.41, 5.74) is 3.12. The Balaban J connectivity index is 1.90. The highest BCUT2D eigenvalue weighted by Crippen LogP contribution is 2.39. The number of esters is 1. The van der Waals surface area contributed by atoms with E-state index in [1.807, 2.05) is 13.0 Å². The first kappa shape index (κ1) is 14.1. The third-order valence-electron chi connectivity index (χ3n) is 4.23. The molecule has 0 aliphatic carbocycles. The van der Waals surface area contributed by atoms with Crippen LogP contribution in [0.2, 0.25) is 0 Å². The zero-order chi connectivity index (χ0) is 14.9. The van der Waals surface area contributed by atoms with Crippen molar-refractivity contribution in [2.75, 3.05) is 13.2 Å². The van der Waals surface area contributed by atoms with Crippen LogP contribution in [-0.2, 0) is 26.3 Å². The molecule has 4 nitrogen and oxygen atoms in total. The highest BCUT2D eigenvalue weighted by Gasteiger charge is 2.36. The van der Waals surface area contributed by atoms with Crippen LogP contribution in [0.4, 0.5) is 0 Å². The van der Waals surface area contributed by atoms with Gasteiger partial charge >= 0.3 is 5.97 Å². The number of benzene rings is 1. The van der Waals surface area contributed by atoms with Crippen molar-refractivity contribution >= 4 is 16.9 Å². The third-order valence-corrected chi connectivity index (χ3v) is 4.23. The van der Waals surface area contributed by atoms with Gasteiger partial charge in [-0.1, -0.05) is 18.2 Å². The number of para-hydroxylation sites is 1. The molecule has 1 atom stereocenters. The number of H-pyrrole nitrogens is 1. The molecule has 112 valence electrons. The Morgan fingerprint density at radius 2 is 2.24 bits per heavy atom. The summed E-state index contributed by atoms with van der Waals surface area (Å²) in [5.74, 6) is -0.162. The van der Waals surface area contributed by atoms with Crippen molar-refractivity contribution in [1.29, 1.82) is 0 Å². The lowest BCUT2D eigenvalue weighted by Crippen LogP contribution is -2.33. The first-order chi connectivity index (χ1) is 10.1. The lowest BCUT2D eigenvalue weighted by atomic mass is 9.89. The van der Waals surface area contributed by atoms with Gasteiger partial charge in [0.25, 0.3) is 0 Å². The zero-order valence-electron chi connectivity index (χ0n) is 12.6. The topological polar surface area (TPSA) is 51.3 Å². The second kappa shape index (κ2) is 5.53. The fourth-order valence-electron chi connectivity index (χ4n) is 3.13. The molecule has 0 spiro atoms. The maximum absolute atomic E-state index is 11.6. The van der Waals surface area contributed by atoms with Gasteiger partial charge in [0.15, 0.2) is 0 Å². The SMILES string of the molecule is CCOC(=O)CCC1(C)OCCc2c1[nH]c1ccccc21. The van der Waals surface area contributed by atoms with E-state index in [2.05, 4.69) is 30.1 Å². The maximum Gasteiger partial charge on any atom is 0.305 e. The lowest BCUT2D eigenvalue weighted by Gasteiger charge is -2.34. The van der Waals surface area contributed by atoms with E-state index in [4.69, 9.17) is 9.47 Å². The summed E-state index contributed by atoms with van der Waals surface area (Å²) < 4.78 is 11.0. The number of hydrogen-bond donors (Lipinski definition) is 1. The predicted octanol–water partition coefficient (Wildman–Crippen LogP) is 3.30. The molecular weight excluding hydrogens is 266 g/mol. The summed E-state index contributed by atoms with van der Waals surface area (Å²) in [6.07, 6.45) is 1.92. The molecule has 4 heteroatoms. The Bertz CT molecular complexity index is 661. The second-order valence-electron chi connectivity index (χ2n) is 5.66. The molecule has 3 rings (SSSR count). The highest BCUT2D eigenvalue weighted by molar-refractivity contribution is 5.85. The average Bonchev–Trinajstić information content (AvgIpc) is 2.87. The third kappa shape index (κ3) is 2.56. The van der Waals surface area contributed by atoms with Crippen molar-refractivity contribution in [3.63, 3.8) is 0 Å². The van der Waals surface area contributed by atoms with E-state index in [0.717, 1.165) is 17.6 Å². The molecule has 1 aliphatic heterocycles. The summed E-state index contributed by atoms with van der Waals surface area (Å²) in [5, 5.41) is 1.26. The lowest BCUT2D eigenvalue weighted by molar-refractivity contribution is -0.145. The van der Waals surface area contributed by atoms with Crippen molar-refractivity contribution in [3.05, 3.63) is 35.5 Å². The van der Waals surface area contributed by atoms with Crippen molar-refractivity contribution < 1.29 is 14.3 Å². The predicted molar refractivity (Wildman–Crippen MR) is 81.2 cm³/mol. The molecule has 1 N–H and O–H groups in total. The van der Waals surface area contributed by atoms with Gasteiger partial charge in [0, 0.05) is 17.3 Å². The molecule has 0 amide bonds. The number of carbonyl (C=O) groups is 1. The van der Waals surface area contributed by atoms with E-state index in [9.17, 15) is 4.79 Å². The first-order valence-corrected chi connectivity index (χ1v) is 7.53. The summed E-state index contributed by atoms with van der Waals surface area (Å²) in [6.45, 7) is 4.99. The van der Waals surface area contributed by atoms with Crippen LogP contribution in [-0.4, -0.2) is 24.2 Å². The molecular formula is C17H21NO3. The van der Waals surface area contributed by atoms with Gasteiger partial charge in [-0.05, 0) is 38.3 Å². The Morgan fingerprint density at radius 1 is 1.43 bits per heavy atom. The Kier molecular flexibility index (Phi) is 3.72. The molecule has 21 heavy (non-hydrogen) atoms. The van der Waals surface area contributed by atoms with Gasteiger partial charge in [-0.3, -0.25) is 4.79 Å². The largest absolute Gasteiger partial charge is 0.466 e. The standard InChI is InChI=1S/C17H21NO3/c1-3-20-15(19)8-10-17(2)16-13(9-11-21-17)12-6-4-5-7-14(12)18-16/h4-7,18H,3,8-11H2,1-2H3. The van der Waals surface area contributed by atoms with Gasteiger partial charge in [0.1, 0.15) is 5.60 Å². The first-order valence-electron chi connectivity index (χ1n) is 7.53. The number of hydrogen-bond acceptors (Lipinski definition) is 3. The van der Waals surface area contributed by atoms with Crippen LogP contribution in [0.1, 0.15) is 37.9 Å². The van der Waals surface area contributed by atoms with Gasteiger partial charge < -0.3 is 14.5 Å². The molecule has 2 aromatic rings. The minimum Gasteiger partial charge on any atom is -0.466 e. The summed E-state index contributed by atoms with van der Waals surface area (Å²) >= 11 is 0. The van der Waals surface area contributed by atoms with E-state index in [1.54, 1.807) is 0 Å². The van der Waals surface area contributed by atoms with Crippen LogP contribution in [0.15, 0.2) is 24.3 Å². The van der Waals surface area contributed by atoms with Crippen LogP contribution in [0.3, 0.4) is 0 Å². The number of carbonyl (C=O) groups excluding carboxylic acids is 1. The molecule has 1 aromatic carbocycles. The van der Waals surface area contributed by atoms with E-state index in [-0.39, 0.29) is 5.97 Å². The van der Waals surface area contributed by atoms with Crippen molar-refractivity contribution in [2.24, 2.45) is 0 Å². The number of fused-ring (bicyclic) bond motifs is 3. The molecule has 0 radical (unpaired) electrons. The molecule has 0 saturated carbocycles. The summed E-state index contributed by atoms with van der Waals surface area (Å²) in [4.78, 5) is 15.1. The molecule has 1 aliphatic rings. The van der Waals surface area contributed by atoms with Gasteiger partial charge in [-0.2, -0.15) is 0 Å². The number of aromatic amines is 1. The van der Waals surface area contributed by atoms with E-state index in [1.165, 1.54) is 10.9 Å². The molecule has 0 saturated heterocycles.